The summed E-state index contributed by atoms with van der Waals surface area (Å²) in [5.41, 5.74) is 2.62. The average molecular weight is 424 g/mol. The summed E-state index contributed by atoms with van der Waals surface area (Å²) in [7, 11) is -3.25. The Morgan fingerprint density at radius 2 is 1.68 bits per heavy atom. The van der Waals surface area contributed by atoms with Gasteiger partial charge in [0, 0.05) is 11.3 Å². The fraction of sp³-hybridized carbons (Fsp3) is 0.381. The van der Waals surface area contributed by atoms with Gasteiger partial charge in [0.2, 0.25) is 0 Å². The fourth-order valence-electron chi connectivity index (χ4n) is 2.89. The van der Waals surface area contributed by atoms with Crippen molar-refractivity contribution in [3.63, 3.8) is 0 Å². The second kappa shape index (κ2) is 8.97. The van der Waals surface area contributed by atoms with Gasteiger partial charge < -0.3 is 10.1 Å². The van der Waals surface area contributed by atoms with Crippen LogP contribution in [0.1, 0.15) is 43.0 Å². The molecule has 0 bridgehead atoms. The van der Waals surface area contributed by atoms with Gasteiger partial charge >= 0.3 is 0 Å². The number of carbonyl (C=O) groups is 1. The third-order valence-corrected chi connectivity index (χ3v) is 6.25. The van der Waals surface area contributed by atoms with Gasteiger partial charge in [0.15, 0.2) is 15.9 Å². The summed E-state index contributed by atoms with van der Waals surface area (Å²) in [6, 6.07) is 9.93. The van der Waals surface area contributed by atoms with E-state index < -0.39 is 15.9 Å². The number of sulfone groups is 1. The molecule has 0 aliphatic carbocycles. The molecule has 0 aliphatic heterocycles. The van der Waals surface area contributed by atoms with Crippen molar-refractivity contribution in [2.75, 3.05) is 6.26 Å². The largest absolute Gasteiger partial charge is 0.481 e. The van der Waals surface area contributed by atoms with Crippen LogP contribution in [0.3, 0.4) is 0 Å². The summed E-state index contributed by atoms with van der Waals surface area (Å²) in [4.78, 5) is 12.8. The van der Waals surface area contributed by atoms with Crippen LogP contribution in [0.5, 0.6) is 5.75 Å². The lowest BCUT2D eigenvalue weighted by atomic mass is 10.0. The molecule has 0 aromatic heterocycles. The number of aryl methyl sites for hydroxylation is 2. The molecule has 2 atom stereocenters. The second-order valence-corrected chi connectivity index (χ2v) is 9.34. The van der Waals surface area contributed by atoms with E-state index in [9.17, 15) is 13.2 Å². The molecule has 5 nitrogen and oxygen atoms in total. The Hall–Kier alpha value is -2.05. The van der Waals surface area contributed by atoms with Gasteiger partial charge in [0.1, 0.15) is 5.75 Å². The number of benzene rings is 2. The number of amides is 1. The highest BCUT2D eigenvalue weighted by Gasteiger charge is 2.20. The topological polar surface area (TPSA) is 72.5 Å². The first-order valence-electron chi connectivity index (χ1n) is 9.06. The van der Waals surface area contributed by atoms with Gasteiger partial charge in [-0.2, -0.15) is 0 Å². The Bertz CT molecular complexity index is 932. The molecule has 28 heavy (non-hydrogen) atoms. The number of hydrogen-bond donors (Lipinski definition) is 1. The van der Waals surface area contributed by atoms with Crippen molar-refractivity contribution in [1.82, 2.24) is 5.32 Å². The number of ether oxygens (including phenoxy) is 1. The molecule has 152 valence electrons. The van der Waals surface area contributed by atoms with Gasteiger partial charge in [-0.3, -0.25) is 4.79 Å². The Labute approximate surface area is 172 Å². The predicted octanol–water partition coefficient (Wildman–Crippen LogP) is 4.40. The highest BCUT2D eigenvalue weighted by atomic mass is 35.5. The van der Waals surface area contributed by atoms with E-state index in [1.165, 1.54) is 6.26 Å². The Morgan fingerprint density at radius 3 is 2.14 bits per heavy atom. The first-order valence-corrected chi connectivity index (χ1v) is 11.3. The third kappa shape index (κ3) is 5.49. The van der Waals surface area contributed by atoms with Crippen molar-refractivity contribution in [2.24, 2.45) is 0 Å². The van der Waals surface area contributed by atoms with E-state index in [4.69, 9.17) is 16.3 Å². The third-order valence-electron chi connectivity index (χ3n) is 4.53. The molecule has 0 fully saturated rings. The Kier molecular flexibility index (Phi) is 7.12. The van der Waals surface area contributed by atoms with Crippen molar-refractivity contribution in [3.8, 4) is 5.75 Å². The van der Waals surface area contributed by atoms with Crippen LogP contribution in [-0.4, -0.2) is 26.7 Å². The minimum atomic E-state index is -3.25. The van der Waals surface area contributed by atoms with Crippen LogP contribution in [0.2, 0.25) is 5.02 Å². The summed E-state index contributed by atoms with van der Waals surface area (Å²) < 4.78 is 29.0. The van der Waals surface area contributed by atoms with E-state index in [0.717, 1.165) is 16.7 Å². The summed E-state index contributed by atoms with van der Waals surface area (Å²) >= 11 is 6.17. The summed E-state index contributed by atoms with van der Waals surface area (Å²) in [6.45, 7) is 7.42. The number of nitrogens with one attached hydrogen (secondary N) is 1. The monoisotopic (exact) mass is 423 g/mol. The number of rotatable bonds is 7. The summed E-state index contributed by atoms with van der Waals surface area (Å²) in [5.74, 6) is 0.344. The smallest absolute Gasteiger partial charge is 0.261 e. The Morgan fingerprint density at radius 1 is 1.14 bits per heavy atom. The standard InChI is InChI=1S/C21H26ClNO4S/c1-6-19(16-7-9-18(10-8-16)28(5,25)26)23-21(24)15(4)27-17-11-13(2)20(22)14(3)12-17/h7-12,15,19H,6H2,1-5H3,(H,23,24)/t15-,19+/m1/s1. The van der Waals surface area contributed by atoms with Gasteiger partial charge in [0.05, 0.1) is 10.9 Å². The summed E-state index contributed by atoms with van der Waals surface area (Å²) in [5, 5.41) is 3.65. The molecule has 0 unspecified atom stereocenters. The minimum Gasteiger partial charge on any atom is -0.481 e. The van der Waals surface area contributed by atoms with E-state index in [2.05, 4.69) is 5.32 Å². The molecular formula is C21H26ClNO4S. The zero-order valence-corrected chi connectivity index (χ0v) is 18.3. The molecule has 0 saturated heterocycles. The van der Waals surface area contributed by atoms with E-state index in [1.807, 2.05) is 20.8 Å². The van der Waals surface area contributed by atoms with Crippen LogP contribution in [0.4, 0.5) is 0 Å². The van der Waals surface area contributed by atoms with Crippen LogP contribution in [-0.2, 0) is 14.6 Å². The lowest BCUT2D eigenvalue weighted by molar-refractivity contribution is -0.128. The van der Waals surface area contributed by atoms with Crippen molar-refractivity contribution >= 4 is 27.3 Å². The van der Waals surface area contributed by atoms with E-state index >= 15 is 0 Å². The molecule has 0 heterocycles. The number of carbonyl (C=O) groups excluding carboxylic acids is 1. The molecule has 1 amide bonds. The van der Waals surface area contributed by atoms with Gasteiger partial charge in [-0.15, -0.1) is 0 Å². The maximum absolute atomic E-state index is 12.6. The van der Waals surface area contributed by atoms with Gasteiger partial charge in [0.25, 0.3) is 5.91 Å². The number of hydrogen-bond acceptors (Lipinski definition) is 4. The maximum Gasteiger partial charge on any atom is 0.261 e. The molecule has 0 radical (unpaired) electrons. The van der Waals surface area contributed by atoms with E-state index in [-0.39, 0.29) is 16.8 Å². The van der Waals surface area contributed by atoms with Crippen molar-refractivity contribution in [2.45, 2.75) is 51.2 Å². The van der Waals surface area contributed by atoms with Crippen LogP contribution < -0.4 is 10.1 Å². The molecule has 2 aromatic rings. The molecule has 0 saturated carbocycles. The molecular weight excluding hydrogens is 398 g/mol. The maximum atomic E-state index is 12.6. The van der Waals surface area contributed by atoms with E-state index in [1.54, 1.807) is 43.3 Å². The van der Waals surface area contributed by atoms with Gasteiger partial charge in [-0.05, 0) is 68.1 Å². The van der Waals surface area contributed by atoms with Crippen molar-refractivity contribution in [3.05, 3.63) is 58.1 Å². The lowest BCUT2D eigenvalue weighted by Crippen LogP contribution is -2.38. The molecule has 0 spiro atoms. The van der Waals surface area contributed by atoms with Crippen LogP contribution in [0.25, 0.3) is 0 Å². The van der Waals surface area contributed by atoms with Gasteiger partial charge in [-0.25, -0.2) is 8.42 Å². The van der Waals surface area contributed by atoms with Crippen molar-refractivity contribution < 1.29 is 17.9 Å². The molecule has 1 N–H and O–H groups in total. The molecule has 2 rings (SSSR count). The summed E-state index contributed by atoms with van der Waals surface area (Å²) in [6.07, 6.45) is 1.14. The van der Waals surface area contributed by atoms with Gasteiger partial charge in [-0.1, -0.05) is 30.7 Å². The number of halogens is 1. The fourth-order valence-corrected chi connectivity index (χ4v) is 3.63. The van der Waals surface area contributed by atoms with Crippen LogP contribution in [0, 0.1) is 13.8 Å². The normalized spacial score (nSPS) is 13.6. The highest BCUT2D eigenvalue weighted by Crippen LogP contribution is 2.26. The minimum absolute atomic E-state index is 0.235. The van der Waals surface area contributed by atoms with Crippen LogP contribution >= 0.6 is 11.6 Å². The zero-order chi connectivity index (χ0) is 21.1. The SMILES string of the molecule is CC[C@H](NC(=O)[C@@H](C)Oc1cc(C)c(Cl)c(C)c1)c1ccc(S(C)(=O)=O)cc1. The predicted molar refractivity (Wildman–Crippen MR) is 112 cm³/mol. The van der Waals surface area contributed by atoms with Crippen molar-refractivity contribution in [1.29, 1.82) is 0 Å². The molecule has 0 aliphatic rings. The molecule has 7 heteroatoms. The van der Waals surface area contributed by atoms with Crippen LogP contribution in [0.15, 0.2) is 41.3 Å². The quantitative estimate of drug-likeness (QED) is 0.716. The lowest BCUT2D eigenvalue weighted by Gasteiger charge is -2.21. The average Bonchev–Trinajstić information content (AvgIpc) is 2.63. The second-order valence-electron chi connectivity index (χ2n) is 6.94. The zero-order valence-electron chi connectivity index (χ0n) is 16.7. The first kappa shape index (κ1) is 22.2. The Balaban J connectivity index is 2.09. The van der Waals surface area contributed by atoms with E-state index in [0.29, 0.717) is 17.2 Å². The first-order chi connectivity index (χ1) is 13.0. The highest BCUT2D eigenvalue weighted by molar-refractivity contribution is 7.90. The molecule has 2 aromatic carbocycles.